The van der Waals surface area contributed by atoms with Crippen molar-refractivity contribution in [3.8, 4) is 11.5 Å². The quantitative estimate of drug-likeness (QED) is 0.627. The zero-order chi connectivity index (χ0) is 23.5. The number of carbonyl (C=O) groups is 2. The fourth-order valence-electron chi connectivity index (χ4n) is 4.15. The standard InChI is InChI=1S/C25H28N4O4/c1-16-6-5-7-17(10-16)14-26-24(30)23-21-15-29(9-8-22(21)28(2)27-23)25(31)18-11-19(32-3)13-20(12-18)33-4/h5-7,10-13H,8-9,14-15H2,1-4H3,(H,26,30). The van der Waals surface area contributed by atoms with Gasteiger partial charge in [0.15, 0.2) is 5.69 Å². The number of aromatic nitrogens is 2. The van der Waals surface area contributed by atoms with E-state index in [1.54, 1.807) is 42.0 Å². The van der Waals surface area contributed by atoms with Gasteiger partial charge in [-0.05, 0) is 24.6 Å². The summed E-state index contributed by atoms with van der Waals surface area (Å²) in [6, 6.07) is 13.1. The Kier molecular flexibility index (Phi) is 6.35. The molecule has 2 heterocycles. The Bertz CT molecular complexity index is 1180. The molecule has 0 atom stereocenters. The Morgan fingerprint density at radius 2 is 1.82 bits per heavy atom. The van der Waals surface area contributed by atoms with Gasteiger partial charge < -0.3 is 19.7 Å². The molecule has 0 unspecified atom stereocenters. The van der Waals surface area contributed by atoms with E-state index in [9.17, 15) is 9.59 Å². The van der Waals surface area contributed by atoms with Crippen molar-refractivity contribution in [1.29, 1.82) is 0 Å². The molecule has 33 heavy (non-hydrogen) atoms. The largest absolute Gasteiger partial charge is 0.497 e. The van der Waals surface area contributed by atoms with Crippen molar-refractivity contribution in [1.82, 2.24) is 20.0 Å². The number of amides is 2. The number of methoxy groups -OCH3 is 2. The Morgan fingerprint density at radius 1 is 1.09 bits per heavy atom. The molecule has 0 aliphatic carbocycles. The zero-order valence-corrected chi connectivity index (χ0v) is 19.3. The van der Waals surface area contributed by atoms with Gasteiger partial charge in [0.05, 0.1) is 20.8 Å². The van der Waals surface area contributed by atoms with E-state index in [2.05, 4.69) is 10.4 Å². The highest BCUT2D eigenvalue weighted by atomic mass is 16.5. The summed E-state index contributed by atoms with van der Waals surface area (Å²) in [6.45, 7) is 3.28. The average Bonchev–Trinajstić information content (AvgIpc) is 3.17. The molecular formula is C25H28N4O4. The Hall–Kier alpha value is -3.81. The van der Waals surface area contributed by atoms with Crippen LogP contribution in [0.2, 0.25) is 0 Å². The van der Waals surface area contributed by atoms with Gasteiger partial charge in [0.1, 0.15) is 11.5 Å². The van der Waals surface area contributed by atoms with Crippen LogP contribution in [0.15, 0.2) is 42.5 Å². The summed E-state index contributed by atoms with van der Waals surface area (Å²) in [5.41, 5.74) is 4.76. The van der Waals surface area contributed by atoms with Crippen LogP contribution in [-0.2, 0) is 26.6 Å². The van der Waals surface area contributed by atoms with Gasteiger partial charge in [0, 0.05) is 49.4 Å². The van der Waals surface area contributed by atoms with Gasteiger partial charge >= 0.3 is 0 Å². The van der Waals surface area contributed by atoms with Gasteiger partial charge in [-0.15, -0.1) is 0 Å². The van der Waals surface area contributed by atoms with Gasteiger partial charge in [0.2, 0.25) is 0 Å². The molecule has 0 fully saturated rings. The minimum absolute atomic E-state index is 0.146. The van der Waals surface area contributed by atoms with Crippen molar-refractivity contribution in [3.63, 3.8) is 0 Å². The van der Waals surface area contributed by atoms with Crippen molar-refractivity contribution in [2.45, 2.75) is 26.4 Å². The van der Waals surface area contributed by atoms with E-state index in [4.69, 9.17) is 9.47 Å². The first-order chi connectivity index (χ1) is 15.9. The highest BCUT2D eigenvalue weighted by Crippen LogP contribution is 2.27. The molecule has 1 aliphatic heterocycles. The van der Waals surface area contributed by atoms with Crippen molar-refractivity contribution in [2.75, 3.05) is 20.8 Å². The van der Waals surface area contributed by atoms with Crippen LogP contribution in [-0.4, -0.2) is 47.3 Å². The molecule has 0 saturated carbocycles. The summed E-state index contributed by atoms with van der Waals surface area (Å²) >= 11 is 0. The summed E-state index contributed by atoms with van der Waals surface area (Å²) in [5, 5.41) is 7.43. The maximum Gasteiger partial charge on any atom is 0.272 e. The molecule has 3 aromatic rings. The van der Waals surface area contributed by atoms with E-state index in [-0.39, 0.29) is 11.8 Å². The number of nitrogens with zero attached hydrogens (tertiary/aromatic N) is 3. The van der Waals surface area contributed by atoms with Crippen LogP contribution in [0, 0.1) is 6.92 Å². The lowest BCUT2D eigenvalue weighted by atomic mass is 10.0. The second-order valence-electron chi connectivity index (χ2n) is 8.15. The van der Waals surface area contributed by atoms with Crippen LogP contribution in [0.1, 0.15) is 43.2 Å². The highest BCUT2D eigenvalue weighted by Gasteiger charge is 2.30. The summed E-state index contributed by atoms with van der Waals surface area (Å²) in [6.07, 6.45) is 0.622. The molecule has 0 radical (unpaired) electrons. The van der Waals surface area contributed by atoms with Gasteiger partial charge in [-0.25, -0.2) is 0 Å². The fourth-order valence-corrected chi connectivity index (χ4v) is 4.15. The Balaban J connectivity index is 1.54. The lowest BCUT2D eigenvalue weighted by molar-refractivity contribution is 0.0729. The van der Waals surface area contributed by atoms with Crippen molar-refractivity contribution < 1.29 is 19.1 Å². The minimum Gasteiger partial charge on any atom is -0.497 e. The van der Waals surface area contributed by atoms with Crippen molar-refractivity contribution in [2.24, 2.45) is 7.05 Å². The number of hydrogen-bond acceptors (Lipinski definition) is 5. The van der Waals surface area contributed by atoms with Crippen LogP contribution >= 0.6 is 0 Å². The molecule has 2 aromatic carbocycles. The number of hydrogen-bond donors (Lipinski definition) is 1. The van der Waals surface area contributed by atoms with E-state index in [0.29, 0.717) is 48.8 Å². The summed E-state index contributed by atoms with van der Waals surface area (Å²) in [4.78, 5) is 28.0. The molecule has 172 valence electrons. The van der Waals surface area contributed by atoms with E-state index in [0.717, 1.165) is 22.4 Å². The molecule has 0 saturated heterocycles. The third-order valence-corrected chi connectivity index (χ3v) is 5.88. The molecule has 2 amide bonds. The number of aryl methyl sites for hydroxylation is 2. The Labute approximate surface area is 193 Å². The van der Waals surface area contributed by atoms with Gasteiger partial charge in [-0.3, -0.25) is 14.3 Å². The first kappa shape index (κ1) is 22.4. The second kappa shape index (κ2) is 9.36. The van der Waals surface area contributed by atoms with E-state index < -0.39 is 0 Å². The smallest absolute Gasteiger partial charge is 0.272 e. The molecule has 0 spiro atoms. The van der Waals surface area contributed by atoms with Crippen molar-refractivity contribution in [3.05, 3.63) is 76.1 Å². The molecule has 8 nitrogen and oxygen atoms in total. The third kappa shape index (κ3) is 4.69. The van der Waals surface area contributed by atoms with Crippen LogP contribution < -0.4 is 14.8 Å². The number of carbonyl (C=O) groups excluding carboxylic acids is 2. The number of rotatable bonds is 6. The van der Waals surface area contributed by atoms with Crippen LogP contribution in [0.25, 0.3) is 0 Å². The lowest BCUT2D eigenvalue weighted by Gasteiger charge is -2.28. The highest BCUT2D eigenvalue weighted by molar-refractivity contribution is 5.96. The number of nitrogens with one attached hydrogen (secondary N) is 1. The van der Waals surface area contributed by atoms with E-state index in [1.165, 1.54) is 0 Å². The third-order valence-electron chi connectivity index (χ3n) is 5.88. The molecule has 1 aliphatic rings. The van der Waals surface area contributed by atoms with Crippen LogP contribution in [0.4, 0.5) is 0 Å². The molecular weight excluding hydrogens is 420 g/mol. The zero-order valence-electron chi connectivity index (χ0n) is 19.3. The SMILES string of the molecule is COc1cc(OC)cc(C(=O)N2CCc3c(c(C(=O)NCc4cccc(C)c4)nn3C)C2)c1. The molecule has 4 rings (SSSR count). The number of benzene rings is 2. The second-order valence-corrected chi connectivity index (χ2v) is 8.15. The normalized spacial score (nSPS) is 12.8. The topological polar surface area (TPSA) is 85.7 Å². The van der Waals surface area contributed by atoms with Gasteiger partial charge in [-0.1, -0.05) is 29.8 Å². The van der Waals surface area contributed by atoms with E-state index >= 15 is 0 Å². The van der Waals surface area contributed by atoms with E-state index in [1.807, 2.05) is 38.2 Å². The van der Waals surface area contributed by atoms with Crippen LogP contribution in [0.3, 0.4) is 0 Å². The first-order valence-electron chi connectivity index (χ1n) is 10.8. The molecule has 0 bridgehead atoms. The summed E-state index contributed by atoms with van der Waals surface area (Å²) < 4.78 is 12.3. The van der Waals surface area contributed by atoms with Gasteiger partial charge in [-0.2, -0.15) is 5.10 Å². The molecule has 1 aromatic heterocycles. The van der Waals surface area contributed by atoms with Crippen molar-refractivity contribution >= 4 is 11.8 Å². The lowest BCUT2D eigenvalue weighted by Crippen LogP contribution is -2.37. The summed E-state index contributed by atoms with van der Waals surface area (Å²) in [7, 11) is 4.93. The molecule has 1 N–H and O–H groups in total. The monoisotopic (exact) mass is 448 g/mol. The number of fused-ring (bicyclic) bond motifs is 1. The molecule has 8 heteroatoms. The fraction of sp³-hybridized carbons (Fsp3) is 0.320. The predicted octanol–water partition coefficient (Wildman–Crippen LogP) is 2.87. The Morgan fingerprint density at radius 3 is 2.48 bits per heavy atom. The predicted molar refractivity (Wildman–Crippen MR) is 124 cm³/mol. The minimum atomic E-state index is -0.245. The van der Waals surface area contributed by atoms with Gasteiger partial charge in [0.25, 0.3) is 11.8 Å². The average molecular weight is 449 g/mol. The van der Waals surface area contributed by atoms with Crippen LogP contribution in [0.5, 0.6) is 11.5 Å². The maximum absolute atomic E-state index is 13.3. The first-order valence-corrected chi connectivity index (χ1v) is 10.8. The summed E-state index contributed by atoms with van der Waals surface area (Å²) in [5.74, 6) is 0.708. The maximum atomic E-state index is 13.3. The number of ether oxygens (including phenoxy) is 2.